The number of amides is 1. The molecule has 0 aliphatic carbocycles. The van der Waals surface area contributed by atoms with Crippen LogP contribution in [0, 0.1) is 0 Å². The van der Waals surface area contributed by atoms with Gasteiger partial charge in [0.25, 0.3) is 0 Å². The number of hydrogen-bond acceptors (Lipinski definition) is 18. The van der Waals surface area contributed by atoms with E-state index in [2.05, 4.69) is 43.5 Å². The van der Waals surface area contributed by atoms with Crippen molar-refractivity contribution in [2.45, 2.75) is 413 Å². The standard InChI is InChI=1S/C76H141NO18/c1-3-5-7-9-11-13-15-17-19-21-23-25-26-27-28-29-30-31-32-34-36-38-40-42-44-46-48-50-52-54-64(82)77-59(60(81)53-51-49-47-45-43-41-39-37-35-33-24-22-20-18-16-14-12-10-8-6-4-2)58-90-74-70(88)67(85)72(62(56-79)92-74)95-76-71(89)68(86)73(63(57-80)93-76)94-75-69(87)66(84)65(83)61(55-78)91-75/h21,23,43,45,51,53,59-63,65-76,78-81,83-89H,3-20,22,24-42,44,46-50,52,54-58H2,1-2H3,(H,77,82)/b23-21-,45-43+,53-51+. The third-order valence-corrected chi connectivity index (χ3v) is 19.4. The molecular weight excluding hydrogens is 1210 g/mol. The maximum atomic E-state index is 13.5. The number of allylic oxidation sites excluding steroid dienone is 5. The van der Waals surface area contributed by atoms with Crippen molar-refractivity contribution in [3.8, 4) is 0 Å². The van der Waals surface area contributed by atoms with Gasteiger partial charge in [0.15, 0.2) is 18.9 Å². The van der Waals surface area contributed by atoms with Gasteiger partial charge in [-0.05, 0) is 57.8 Å². The van der Waals surface area contributed by atoms with Crippen molar-refractivity contribution in [1.29, 1.82) is 0 Å². The zero-order chi connectivity index (χ0) is 68.9. The maximum Gasteiger partial charge on any atom is 0.220 e. The Labute approximate surface area is 574 Å². The Kier molecular flexibility index (Phi) is 52.9. The van der Waals surface area contributed by atoms with Gasteiger partial charge in [0.05, 0.1) is 38.6 Å². The molecule has 12 N–H and O–H groups in total. The van der Waals surface area contributed by atoms with Crippen LogP contribution in [0.15, 0.2) is 36.5 Å². The van der Waals surface area contributed by atoms with E-state index in [1.165, 1.54) is 238 Å². The molecule has 17 atom stereocenters. The van der Waals surface area contributed by atoms with Crippen molar-refractivity contribution in [3.63, 3.8) is 0 Å². The number of carbonyl (C=O) groups is 1. The Morgan fingerprint density at radius 1 is 0.368 bits per heavy atom. The van der Waals surface area contributed by atoms with Crippen molar-refractivity contribution in [2.24, 2.45) is 0 Å². The predicted octanol–water partition coefficient (Wildman–Crippen LogP) is 11.9. The second-order valence-electron chi connectivity index (χ2n) is 27.8. The van der Waals surface area contributed by atoms with Crippen LogP contribution >= 0.6 is 0 Å². The number of rotatable bonds is 61. The fourth-order valence-electron chi connectivity index (χ4n) is 13.1. The van der Waals surface area contributed by atoms with Gasteiger partial charge in [0.1, 0.15) is 73.2 Å². The molecule has 17 unspecified atom stereocenters. The SMILES string of the molecule is CCCCCCCCCC/C=C\CCCCCCCCCCCCCCCCCCCC(=O)NC(COC1OC(CO)C(OC2OC(CO)C(OC3OC(CO)C(O)C(O)C3O)C(O)C2O)C(O)C1O)C(O)/C=C/CC/C=C/CCCCCCCCCCCCCCCCC. The van der Waals surface area contributed by atoms with Gasteiger partial charge >= 0.3 is 0 Å². The van der Waals surface area contributed by atoms with E-state index < -0.39 is 124 Å². The molecule has 95 heavy (non-hydrogen) atoms. The lowest BCUT2D eigenvalue weighted by Gasteiger charge is -2.48. The van der Waals surface area contributed by atoms with Gasteiger partial charge in [-0.15, -0.1) is 0 Å². The fraction of sp³-hybridized carbons (Fsp3) is 0.908. The maximum absolute atomic E-state index is 13.5. The minimum atomic E-state index is -1.98. The topological polar surface area (TPSA) is 307 Å². The molecule has 3 fully saturated rings. The predicted molar refractivity (Wildman–Crippen MR) is 374 cm³/mol. The number of hydrogen-bond donors (Lipinski definition) is 12. The lowest BCUT2D eigenvalue weighted by molar-refractivity contribution is -0.379. The number of nitrogens with one attached hydrogen (secondary N) is 1. The van der Waals surface area contributed by atoms with Crippen molar-refractivity contribution in [1.82, 2.24) is 5.32 Å². The van der Waals surface area contributed by atoms with E-state index in [1.807, 2.05) is 6.08 Å². The second-order valence-corrected chi connectivity index (χ2v) is 27.8. The molecule has 0 saturated carbocycles. The molecule has 3 rings (SSSR count). The molecule has 3 aliphatic rings. The first-order chi connectivity index (χ1) is 46.3. The minimum Gasteiger partial charge on any atom is -0.394 e. The second kappa shape index (κ2) is 57.6. The molecule has 3 aliphatic heterocycles. The number of aliphatic hydroxyl groups excluding tert-OH is 11. The van der Waals surface area contributed by atoms with E-state index in [0.29, 0.717) is 12.8 Å². The lowest BCUT2D eigenvalue weighted by atomic mass is 9.96. The van der Waals surface area contributed by atoms with Crippen LogP contribution < -0.4 is 5.32 Å². The van der Waals surface area contributed by atoms with Crippen molar-refractivity contribution >= 4 is 5.91 Å². The molecule has 0 aromatic carbocycles. The summed E-state index contributed by atoms with van der Waals surface area (Å²) < 4.78 is 34.4. The first-order valence-electron chi connectivity index (χ1n) is 38.7. The highest BCUT2D eigenvalue weighted by atomic mass is 16.8. The monoisotopic (exact) mass is 1360 g/mol. The molecule has 0 spiro atoms. The summed E-state index contributed by atoms with van der Waals surface area (Å²) >= 11 is 0. The summed E-state index contributed by atoms with van der Waals surface area (Å²) in [5, 5.41) is 121. The lowest BCUT2D eigenvalue weighted by Crippen LogP contribution is -2.66. The van der Waals surface area contributed by atoms with Gasteiger partial charge in [-0.2, -0.15) is 0 Å². The van der Waals surface area contributed by atoms with Crippen molar-refractivity contribution < 1.29 is 89.4 Å². The minimum absolute atomic E-state index is 0.239. The normalized spacial score (nSPS) is 27.4. The molecule has 558 valence electrons. The Morgan fingerprint density at radius 2 is 0.674 bits per heavy atom. The van der Waals surface area contributed by atoms with E-state index >= 15 is 0 Å². The molecule has 0 bridgehead atoms. The zero-order valence-electron chi connectivity index (χ0n) is 59.4. The first-order valence-corrected chi connectivity index (χ1v) is 38.7. The Morgan fingerprint density at radius 3 is 1.05 bits per heavy atom. The fourth-order valence-corrected chi connectivity index (χ4v) is 13.1. The highest BCUT2D eigenvalue weighted by Crippen LogP contribution is 2.33. The average molecular weight is 1360 g/mol. The van der Waals surface area contributed by atoms with E-state index in [9.17, 15) is 61.0 Å². The quantitative estimate of drug-likeness (QED) is 0.0199. The van der Waals surface area contributed by atoms with Crippen LogP contribution in [0.4, 0.5) is 0 Å². The van der Waals surface area contributed by atoms with Crippen LogP contribution in [0.1, 0.15) is 309 Å². The smallest absolute Gasteiger partial charge is 0.220 e. The average Bonchev–Trinajstić information content (AvgIpc) is 0.786. The molecule has 0 aromatic heterocycles. The third-order valence-electron chi connectivity index (χ3n) is 19.4. The highest BCUT2D eigenvalue weighted by molar-refractivity contribution is 5.76. The summed E-state index contributed by atoms with van der Waals surface area (Å²) in [6.45, 7) is 1.76. The van der Waals surface area contributed by atoms with Gasteiger partial charge < -0.3 is 89.9 Å². The van der Waals surface area contributed by atoms with E-state index in [1.54, 1.807) is 6.08 Å². The molecule has 19 nitrogen and oxygen atoms in total. The summed E-state index contributed by atoms with van der Waals surface area (Å²) in [5.74, 6) is -0.280. The third kappa shape index (κ3) is 38.6. The van der Waals surface area contributed by atoms with E-state index in [0.717, 1.165) is 38.5 Å². The van der Waals surface area contributed by atoms with Crippen molar-refractivity contribution in [2.75, 3.05) is 26.4 Å². The Balaban J connectivity index is 1.39. The molecular formula is C76H141NO18. The number of aliphatic hydroxyl groups is 11. The molecule has 3 saturated heterocycles. The van der Waals surface area contributed by atoms with Crippen molar-refractivity contribution in [3.05, 3.63) is 36.5 Å². The number of unbranched alkanes of at least 4 members (excludes halogenated alkanes) is 41. The Bertz CT molecular complexity index is 1860. The van der Waals surface area contributed by atoms with Crippen LogP contribution in [0.5, 0.6) is 0 Å². The van der Waals surface area contributed by atoms with Crippen LogP contribution in [0.25, 0.3) is 0 Å². The van der Waals surface area contributed by atoms with E-state index in [-0.39, 0.29) is 18.9 Å². The van der Waals surface area contributed by atoms with Gasteiger partial charge in [0.2, 0.25) is 5.91 Å². The summed E-state index contributed by atoms with van der Waals surface area (Å²) in [6, 6.07) is -0.989. The molecule has 19 heteroatoms. The van der Waals surface area contributed by atoms with Crippen LogP contribution in [-0.4, -0.2) is 193 Å². The molecule has 3 heterocycles. The van der Waals surface area contributed by atoms with Gasteiger partial charge in [0, 0.05) is 6.42 Å². The van der Waals surface area contributed by atoms with Gasteiger partial charge in [-0.1, -0.05) is 281 Å². The van der Waals surface area contributed by atoms with E-state index in [4.69, 9.17) is 28.4 Å². The first kappa shape index (κ1) is 87.2. The zero-order valence-corrected chi connectivity index (χ0v) is 59.4. The summed E-state index contributed by atoms with van der Waals surface area (Å²) in [7, 11) is 0. The summed E-state index contributed by atoms with van der Waals surface area (Å²) in [4.78, 5) is 13.5. The van der Waals surface area contributed by atoms with Crippen LogP contribution in [0.2, 0.25) is 0 Å². The largest absolute Gasteiger partial charge is 0.394 e. The van der Waals surface area contributed by atoms with Crippen LogP contribution in [-0.2, 0) is 33.2 Å². The van der Waals surface area contributed by atoms with Crippen LogP contribution in [0.3, 0.4) is 0 Å². The Hall–Kier alpha value is -1.99. The number of ether oxygens (including phenoxy) is 6. The van der Waals surface area contributed by atoms with Gasteiger partial charge in [-0.25, -0.2) is 0 Å². The molecule has 0 radical (unpaired) electrons. The molecule has 1 amide bonds. The summed E-state index contributed by atoms with van der Waals surface area (Å²) in [6.07, 6.45) is 42.8. The summed E-state index contributed by atoms with van der Waals surface area (Å²) in [5.41, 5.74) is 0. The number of carbonyl (C=O) groups excluding carboxylic acids is 1. The molecule has 0 aromatic rings. The highest BCUT2D eigenvalue weighted by Gasteiger charge is 2.53. The van der Waals surface area contributed by atoms with Gasteiger partial charge in [-0.3, -0.25) is 4.79 Å².